The van der Waals surface area contributed by atoms with Crippen LogP contribution in [0.3, 0.4) is 0 Å². The number of carbonyl (C=O) groups is 2. The molecule has 0 aliphatic carbocycles. The highest BCUT2D eigenvalue weighted by Gasteiger charge is 2.19. The van der Waals surface area contributed by atoms with Gasteiger partial charge in [-0.2, -0.15) is 0 Å². The van der Waals surface area contributed by atoms with Crippen molar-refractivity contribution in [3.05, 3.63) is 77.3 Å². The number of carbonyl (C=O) groups excluding carboxylic acids is 2. The molecule has 1 amide bonds. The minimum absolute atomic E-state index is 0.0585. The van der Waals surface area contributed by atoms with Gasteiger partial charge in [0.2, 0.25) is 0 Å². The zero-order valence-corrected chi connectivity index (χ0v) is 16.3. The molecule has 1 aromatic heterocycles. The molecule has 1 heterocycles. The highest BCUT2D eigenvalue weighted by Crippen LogP contribution is 2.19. The van der Waals surface area contributed by atoms with E-state index in [0.717, 1.165) is 10.8 Å². The molecule has 0 unspecified atom stereocenters. The third kappa shape index (κ3) is 4.10. The van der Waals surface area contributed by atoms with Crippen molar-refractivity contribution in [2.24, 2.45) is 0 Å². The molecular formula is C23H20N2O5. The maximum Gasteiger partial charge on any atom is 0.419 e. The lowest BCUT2D eigenvalue weighted by Crippen LogP contribution is -2.30. The normalized spacial score (nSPS) is 12.0. The van der Waals surface area contributed by atoms with Crippen LogP contribution >= 0.6 is 0 Å². The molecule has 0 aliphatic rings. The number of aryl methyl sites for hydroxylation is 1. The molecule has 0 fully saturated rings. The molecule has 0 spiro atoms. The fourth-order valence-corrected chi connectivity index (χ4v) is 3.25. The number of esters is 1. The summed E-state index contributed by atoms with van der Waals surface area (Å²) < 4.78 is 11.7. The second-order valence-electron chi connectivity index (χ2n) is 6.92. The zero-order valence-electron chi connectivity index (χ0n) is 16.3. The van der Waals surface area contributed by atoms with Gasteiger partial charge in [-0.15, -0.1) is 0 Å². The molecule has 1 N–H and O–H groups in total. The number of rotatable bonds is 6. The van der Waals surface area contributed by atoms with E-state index in [1.807, 2.05) is 36.4 Å². The summed E-state index contributed by atoms with van der Waals surface area (Å²) in [5.41, 5.74) is 1.69. The average Bonchev–Trinajstić information content (AvgIpc) is 3.07. The second kappa shape index (κ2) is 8.24. The first-order valence-electron chi connectivity index (χ1n) is 9.59. The summed E-state index contributed by atoms with van der Waals surface area (Å²) in [5.74, 6) is -1.54. The lowest BCUT2D eigenvalue weighted by atomic mass is 10.1. The summed E-state index contributed by atoms with van der Waals surface area (Å²) >= 11 is 0. The van der Waals surface area contributed by atoms with Crippen LogP contribution in [0, 0.1) is 0 Å². The van der Waals surface area contributed by atoms with E-state index in [9.17, 15) is 14.4 Å². The fourth-order valence-electron chi connectivity index (χ4n) is 3.25. The van der Waals surface area contributed by atoms with Gasteiger partial charge in [-0.05, 0) is 42.0 Å². The number of hydrogen-bond donors (Lipinski definition) is 1. The zero-order chi connectivity index (χ0) is 21.1. The standard InChI is InChI=1S/C23H20N2O5/c1-15(22(27)24-18-11-10-16-6-2-3-7-17(16)14-18)29-21(26)12-13-25-19-8-4-5-9-20(19)30-23(25)28/h2-11,14-15H,12-13H2,1H3,(H,24,27)/t15-/m0/s1. The predicted octanol–water partition coefficient (Wildman–Crippen LogP) is 3.71. The number of ether oxygens (including phenoxy) is 1. The Balaban J connectivity index is 1.34. The smallest absolute Gasteiger partial charge is 0.419 e. The first kappa shape index (κ1) is 19.4. The van der Waals surface area contributed by atoms with Crippen LogP contribution in [0.15, 0.2) is 75.9 Å². The molecule has 30 heavy (non-hydrogen) atoms. The first-order chi connectivity index (χ1) is 14.5. The van der Waals surface area contributed by atoms with Crippen LogP contribution < -0.4 is 11.1 Å². The van der Waals surface area contributed by atoms with E-state index in [-0.39, 0.29) is 13.0 Å². The first-order valence-corrected chi connectivity index (χ1v) is 9.59. The average molecular weight is 404 g/mol. The number of para-hydroxylation sites is 2. The Bertz CT molecular complexity index is 1290. The van der Waals surface area contributed by atoms with E-state index in [4.69, 9.17) is 9.15 Å². The minimum atomic E-state index is -0.971. The van der Waals surface area contributed by atoms with E-state index in [1.54, 1.807) is 30.3 Å². The minimum Gasteiger partial charge on any atom is -0.452 e. The summed E-state index contributed by atoms with van der Waals surface area (Å²) in [6, 6.07) is 20.4. The summed E-state index contributed by atoms with van der Waals surface area (Å²) in [4.78, 5) is 36.5. The Morgan fingerprint density at radius 1 is 1.03 bits per heavy atom. The summed E-state index contributed by atoms with van der Waals surface area (Å²) in [5, 5.41) is 4.82. The van der Waals surface area contributed by atoms with Gasteiger partial charge in [0.15, 0.2) is 11.7 Å². The number of fused-ring (bicyclic) bond motifs is 2. The van der Waals surface area contributed by atoms with Crippen molar-refractivity contribution in [2.45, 2.75) is 26.0 Å². The van der Waals surface area contributed by atoms with Crippen molar-refractivity contribution in [3.8, 4) is 0 Å². The van der Waals surface area contributed by atoms with Gasteiger partial charge >= 0.3 is 11.7 Å². The number of nitrogens with zero attached hydrogens (tertiary/aromatic N) is 1. The van der Waals surface area contributed by atoms with Crippen LogP contribution in [0.2, 0.25) is 0 Å². The third-order valence-corrected chi connectivity index (χ3v) is 4.81. The Morgan fingerprint density at radius 2 is 1.77 bits per heavy atom. The molecule has 0 radical (unpaired) electrons. The molecule has 4 aromatic rings. The molecule has 3 aromatic carbocycles. The Hall–Kier alpha value is -3.87. The highest BCUT2D eigenvalue weighted by atomic mass is 16.5. The topological polar surface area (TPSA) is 90.5 Å². The summed E-state index contributed by atoms with van der Waals surface area (Å²) in [6.45, 7) is 1.61. The van der Waals surface area contributed by atoms with Crippen LogP contribution in [0.1, 0.15) is 13.3 Å². The van der Waals surface area contributed by atoms with Gasteiger partial charge in [-0.3, -0.25) is 14.2 Å². The largest absolute Gasteiger partial charge is 0.452 e. The summed E-state index contributed by atoms with van der Waals surface area (Å²) in [7, 11) is 0. The van der Waals surface area contributed by atoms with Crippen molar-refractivity contribution in [1.29, 1.82) is 0 Å². The molecule has 7 nitrogen and oxygen atoms in total. The Morgan fingerprint density at radius 3 is 2.60 bits per heavy atom. The number of aromatic nitrogens is 1. The molecule has 4 rings (SSSR count). The predicted molar refractivity (Wildman–Crippen MR) is 113 cm³/mol. The number of hydrogen-bond acceptors (Lipinski definition) is 5. The van der Waals surface area contributed by atoms with Gasteiger partial charge in [-0.1, -0.05) is 42.5 Å². The van der Waals surface area contributed by atoms with Crippen LogP contribution in [0.5, 0.6) is 0 Å². The molecule has 0 saturated carbocycles. The fraction of sp³-hybridized carbons (Fsp3) is 0.174. The van der Waals surface area contributed by atoms with Gasteiger partial charge in [-0.25, -0.2) is 4.79 Å². The molecule has 0 saturated heterocycles. The third-order valence-electron chi connectivity index (χ3n) is 4.81. The molecule has 0 bridgehead atoms. The van der Waals surface area contributed by atoms with Gasteiger partial charge in [0, 0.05) is 12.2 Å². The molecule has 7 heteroatoms. The quantitative estimate of drug-likeness (QED) is 0.495. The maximum absolute atomic E-state index is 12.4. The van der Waals surface area contributed by atoms with Crippen molar-refractivity contribution >= 4 is 39.4 Å². The lowest BCUT2D eigenvalue weighted by Gasteiger charge is -2.14. The highest BCUT2D eigenvalue weighted by molar-refractivity contribution is 5.97. The van der Waals surface area contributed by atoms with E-state index in [2.05, 4.69) is 5.32 Å². The number of anilines is 1. The number of amides is 1. The van der Waals surface area contributed by atoms with E-state index >= 15 is 0 Å². The van der Waals surface area contributed by atoms with Crippen LogP contribution in [-0.4, -0.2) is 22.5 Å². The maximum atomic E-state index is 12.4. The van der Waals surface area contributed by atoms with Gasteiger partial charge in [0.25, 0.3) is 5.91 Å². The van der Waals surface area contributed by atoms with Gasteiger partial charge in [0.1, 0.15) is 0 Å². The molecule has 152 valence electrons. The van der Waals surface area contributed by atoms with Crippen molar-refractivity contribution in [2.75, 3.05) is 5.32 Å². The van der Waals surface area contributed by atoms with Crippen LogP contribution in [0.4, 0.5) is 5.69 Å². The SMILES string of the molecule is C[C@H](OC(=O)CCn1c(=O)oc2ccccc21)C(=O)Nc1ccc2ccccc2c1. The van der Waals surface area contributed by atoms with E-state index in [1.165, 1.54) is 11.5 Å². The molecule has 1 atom stereocenters. The van der Waals surface area contributed by atoms with Crippen molar-refractivity contribution < 1.29 is 18.7 Å². The number of nitrogens with one attached hydrogen (secondary N) is 1. The molecular weight excluding hydrogens is 384 g/mol. The van der Waals surface area contributed by atoms with Crippen LogP contribution in [0.25, 0.3) is 21.9 Å². The number of oxazole rings is 1. The van der Waals surface area contributed by atoms with Gasteiger partial charge in [0.05, 0.1) is 11.9 Å². The Labute approximate surface area is 171 Å². The van der Waals surface area contributed by atoms with Crippen molar-refractivity contribution in [1.82, 2.24) is 4.57 Å². The van der Waals surface area contributed by atoms with Crippen molar-refractivity contribution in [3.63, 3.8) is 0 Å². The van der Waals surface area contributed by atoms with E-state index in [0.29, 0.717) is 16.8 Å². The monoisotopic (exact) mass is 404 g/mol. The summed E-state index contributed by atoms with van der Waals surface area (Å²) in [6.07, 6.45) is -1.03. The van der Waals surface area contributed by atoms with Gasteiger partial charge < -0.3 is 14.5 Å². The number of benzene rings is 3. The second-order valence-corrected chi connectivity index (χ2v) is 6.92. The van der Waals surface area contributed by atoms with E-state index < -0.39 is 23.7 Å². The Kier molecular flexibility index (Phi) is 5.34. The molecule has 0 aliphatic heterocycles. The van der Waals surface area contributed by atoms with Crippen LogP contribution in [-0.2, 0) is 20.9 Å². The lowest BCUT2D eigenvalue weighted by molar-refractivity contribution is -0.153.